The van der Waals surface area contributed by atoms with Crippen molar-refractivity contribution in [2.75, 3.05) is 23.4 Å². The Morgan fingerprint density at radius 1 is 0.971 bits per heavy atom. The summed E-state index contributed by atoms with van der Waals surface area (Å²) in [6.45, 7) is 6.36. The number of imidazole rings is 1. The summed E-state index contributed by atoms with van der Waals surface area (Å²) in [5.41, 5.74) is 5.71. The van der Waals surface area contributed by atoms with Crippen LogP contribution in [-0.4, -0.2) is 38.0 Å². The second-order valence-corrected chi connectivity index (χ2v) is 8.02. The van der Waals surface area contributed by atoms with E-state index in [0.29, 0.717) is 17.1 Å². The van der Waals surface area contributed by atoms with Crippen LogP contribution in [0.1, 0.15) is 25.0 Å². The van der Waals surface area contributed by atoms with E-state index in [1.165, 1.54) is 9.13 Å². The van der Waals surface area contributed by atoms with E-state index in [9.17, 15) is 9.59 Å². The van der Waals surface area contributed by atoms with Crippen molar-refractivity contribution in [1.82, 2.24) is 18.7 Å². The molecule has 2 heterocycles. The van der Waals surface area contributed by atoms with Gasteiger partial charge in [0.25, 0.3) is 5.56 Å². The lowest BCUT2D eigenvalue weighted by molar-refractivity contribution is 0.655. The average Bonchev–Trinajstić information content (AvgIpc) is 3.19. The number of nitrogens with one attached hydrogen (secondary N) is 1. The Morgan fingerprint density at radius 3 is 2.29 bits per heavy atom. The lowest BCUT2D eigenvalue weighted by atomic mass is 10.2. The molecule has 0 bridgehead atoms. The normalized spacial score (nSPS) is 11.4. The Labute approximate surface area is 197 Å². The summed E-state index contributed by atoms with van der Waals surface area (Å²) in [6.07, 6.45) is 1.69. The summed E-state index contributed by atoms with van der Waals surface area (Å²) in [6, 6.07) is 17.6. The van der Waals surface area contributed by atoms with Gasteiger partial charge >= 0.3 is 5.69 Å². The Hall–Kier alpha value is -4.14. The molecule has 9 nitrogen and oxygen atoms in total. The van der Waals surface area contributed by atoms with E-state index in [1.807, 2.05) is 42.5 Å². The van der Waals surface area contributed by atoms with Gasteiger partial charge in [-0.3, -0.25) is 13.9 Å². The molecule has 0 saturated heterocycles. The monoisotopic (exact) mass is 459 g/mol. The smallest absolute Gasteiger partial charge is 0.332 e. The first-order valence-corrected chi connectivity index (χ1v) is 11.3. The first-order chi connectivity index (χ1) is 16.4. The molecule has 4 aromatic rings. The fourth-order valence-electron chi connectivity index (χ4n) is 3.97. The molecule has 2 aromatic heterocycles. The van der Waals surface area contributed by atoms with Gasteiger partial charge in [0, 0.05) is 32.9 Å². The minimum atomic E-state index is -0.414. The summed E-state index contributed by atoms with van der Waals surface area (Å²) in [5.74, 6) is 0.371. The van der Waals surface area contributed by atoms with Gasteiger partial charge in [0.15, 0.2) is 11.2 Å². The van der Waals surface area contributed by atoms with E-state index < -0.39 is 5.69 Å². The summed E-state index contributed by atoms with van der Waals surface area (Å²) in [5, 5.41) is 4.29. The van der Waals surface area contributed by atoms with Crippen molar-refractivity contribution < 1.29 is 0 Å². The third-order valence-corrected chi connectivity index (χ3v) is 5.94. The molecule has 176 valence electrons. The molecule has 9 heteroatoms. The summed E-state index contributed by atoms with van der Waals surface area (Å²) in [4.78, 5) is 32.8. The summed E-state index contributed by atoms with van der Waals surface area (Å²) < 4.78 is 4.24. The minimum Gasteiger partial charge on any atom is -0.372 e. The van der Waals surface area contributed by atoms with Crippen molar-refractivity contribution in [2.24, 2.45) is 19.2 Å². The van der Waals surface area contributed by atoms with Crippen molar-refractivity contribution in [1.29, 1.82) is 0 Å². The van der Waals surface area contributed by atoms with E-state index >= 15 is 0 Å². The largest absolute Gasteiger partial charge is 0.372 e. The third kappa shape index (κ3) is 4.36. The van der Waals surface area contributed by atoms with Crippen LogP contribution in [0.4, 0.5) is 11.6 Å². The maximum Gasteiger partial charge on any atom is 0.332 e. The zero-order valence-corrected chi connectivity index (χ0v) is 19.9. The first-order valence-electron chi connectivity index (χ1n) is 11.3. The number of aromatic nitrogens is 4. The van der Waals surface area contributed by atoms with Crippen LogP contribution in [0, 0.1) is 0 Å². The molecule has 0 saturated carbocycles. The molecule has 0 fully saturated rings. The highest BCUT2D eigenvalue weighted by Gasteiger charge is 2.18. The fraction of sp³-hybridized carbons (Fsp3) is 0.280. The van der Waals surface area contributed by atoms with Crippen LogP contribution < -0.4 is 21.6 Å². The summed E-state index contributed by atoms with van der Waals surface area (Å²) in [7, 11) is 3.34. The van der Waals surface area contributed by atoms with Gasteiger partial charge < -0.3 is 9.47 Å². The van der Waals surface area contributed by atoms with Crippen LogP contribution in [0.25, 0.3) is 11.2 Å². The van der Waals surface area contributed by atoms with Gasteiger partial charge in [0.1, 0.15) is 0 Å². The Morgan fingerprint density at radius 2 is 1.65 bits per heavy atom. The molecule has 0 atom stereocenters. The molecule has 0 aliphatic heterocycles. The van der Waals surface area contributed by atoms with Crippen LogP contribution in [-0.2, 0) is 20.6 Å². The number of hydrazone groups is 1. The Balaban J connectivity index is 1.61. The van der Waals surface area contributed by atoms with Gasteiger partial charge in [-0.2, -0.15) is 10.1 Å². The topological polar surface area (TPSA) is 89.5 Å². The Kier molecular flexibility index (Phi) is 6.62. The van der Waals surface area contributed by atoms with E-state index in [1.54, 1.807) is 24.9 Å². The van der Waals surface area contributed by atoms with Gasteiger partial charge in [-0.25, -0.2) is 10.2 Å². The third-order valence-electron chi connectivity index (χ3n) is 5.94. The minimum absolute atomic E-state index is 0.192. The van der Waals surface area contributed by atoms with Gasteiger partial charge in [-0.05, 0) is 37.1 Å². The number of rotatable bonds is 8. The molecule has 0 unspecified atom stereocenters. The molecule has 34 heavy (non-hydrogen) atoms. The molecule has 0 amide bonds. The predicted molar refractivity (Wildman–Crippen MR) is 137 cm³/mol. The standard InChI is InChI=1S/C25H29N7O2/c1-5-31(6-2)20-14-12-18(13-15-20)16-26-28-24-27-22-21(29(24)3)23(33)32(25(34)30(22)4)17-19-10-8-7-9-11-19/h7-16H,5-6,17H2,1-4H3,(H,27,28). The molecule has 0 aliphatic carbocycles. The van der Waals surface area contributed by atoms with Crippen molar-refractivity contribution in [3.05, 3.63) is 86.6 Å². The van der Waals surface area contributed by atoms with E-state index in [4.69, 9.17) is 0 Å². The number of aryl methyl sites for hydroxylation is 2. The number of anilines is 2. The van der Waals surface area contributed by atoms with Gasteiger partial charge in [0.05, 0.1) is 12.8 Å². The number of benzene rings is 2. The van der Waals surface area contributed by atoms with Crippen LogP contribution >= 0.6 is 0 Å². The second-order valence-electron chi connectivity index (χ2n) is 8.02. The van der Waals surface area contributed by atoms with Crippen LogP contribution in [0.3, 0.4) is 0 Å². The lowest BCUT2D eigenvalue weighted by Gasteiger charge is -2.20. The second kappa shape index (κ2) is 9.78. The van der Waals surface area contributed by atoms with E-state index in [0.717, 1.165) is 29.9 Å². The highest BCUT2D eigenvalue weighted by molar-refractivity contribution is 5.81. The van der Waals surface area contributed by atoms with Gasteiger partial charge in [0.2, 0.25) is 5.95 Å². The van der Waals surface area contributed by atoms with E-state index in [2.05, 4.69) is 46.4 Å². The molecule has 4 rings (SSSR count). The molecule has 0 spiro atoms. The van der Waals surface area contributed by atoms with Gasteiger partial charge in [-0.1, -0.05) is 42.5 Å². The number of nitrogens with zero attached hydrogens (tertiary/aromatic N) is 6. The zero-order valence-electron chi connectivity index (χ0n) is 19.9. The molecule has 1 N–H and O–H groups in total. The molecule has 0 aliphatic rings. The number of hydrogen-bond acceptors (Lipinski definition) is 6. The highest BCUT2D eigenvalue weighted by Crippen LogP contribution is 2.15. The Bertz CT molecular complexity index is 1430. The van der Waals surface area contributed by atoms with Crippen molar-refractivity contribution in [2.45, 2.75) is 20.4 Å². The molecule has 2 aromatic carbocycles. The molecular formula is C25H29N7O2. The molecular weight excluding hydrogens is 430 g/mol. The van der Waals surface area contributed by atoms with Crippen LogP contribution in [0.5, 0.6) is 0 Å². The van der Waals surface area contributed by atoms with Gasteiger partial charge in [-0.15, -0.1) is 0 Å². The molecule has 0 radical (unpaired) electrons. The number of hydrogen-bond donors (Lipinski definition) is 1. The fourth-order valence-corrected chi connectivity index (χ4v) is 3.97. The lowest BCUT2D eigenvalue weighted by Crippen LogP contribution is -2.39. The SMILES string of the molecule is CCN(CC)c1ccc(C=NNc2nc3c(c(=O)n(Cc4ccccc4)c(=O)n3C)n2C)cc1. The number of fused-ring (bicyclic) bond motifs is 1. The van der Waals surface area contributed by atoms with Crippen LogP contribution in [0.15, 0.2) is 69.3 Å². The van der Waals surface area contributed by atoms with Crippen molar-refractivity contribution in [3.63, 3.8) is 0 Å². The van der Waals surface area contributed by atoms with Crippen molar-refractivity contribution >= 4 is 29.0 Å². The van der Waals surface area contributed by atoms with Crippen LogP contribution in [0.2, 0.25) is 0 Å². The van der Waals surface area contributed by atoms with Crippen molar-refractivity contribution in [3.8, 4) is 0 Å². The first kappa shape index (κ1) is 23.0. The average molecular weight is 460 g/mol. The maximum absolute atomic E-state index is 13.2. The van der Waals surface area contributed by atoms with E-state index in [-0.39, 0.29) is 12.1 Å². The quantitative estimate of drug-likeness (QED) is 0.323. The zero-order chi connectivity index (χ0) is 24.2. The summed E-state index contributed by atoms with van der Waals surface area (Å²) >= 11 is 0. The predicted octanol–water partition coefficient (Wildman–Crippen LogP) is 2.77. The maximum atomic E-state index is 13.2. The highest BCUT2D eigenvalue weighted by atomic mass is 16.2.